The third-order valence-electron chi connectivity index (χ3n) is 7.84. The van der Waals surface area contributed by atoms with Crippen LogP contribution in [0.5, 0.6) is 0 Å². The standard InChI is InChI=1S/C28H34N6O3/c1-2-19-11-12-25-20(15-19)16-24(28(35)29-25)26(27-30-31-32-34(27)21-7-3-4-8-21)33(17-22-9-5-13-36-22)18-23-10-6-14-37-23/h5,9,11-13,15-16,21,23,26H,2-4,6-8,10,14,17-18H2,1H3,(H,29,35). The van der Waals surface area contributed by atoms with Crippen molar-refractivity contribution in [3.8, 4) is 0 Å². The van der Waals surface area contributed by atoms with E-state index in [4.69, 9.17) is 9.15 Å². The number of hydrogen-bond donors (Lipinski definition) is 1. The molecule has 0 radical (unpaired) electrons. The van der Waals surface area contributed by atoms with Crippen LogP contribution in [0.2, 0.25) is 0 Å². The lowest BCUT2D eigenvalue weighted by Gasteiger charge is -2.32. The van der Waals surface area contributed by atoms with E-state index in [9.17, 15) is 4.79 Å². The maximum atomic E-state index is 13.7. The summed E-state index contributed by atoms with van der Waals surface area (Å²) in [4.78, 5) is 19.1. The van der Waals surface area contributed by atoms with Crippen LogP contribution in [0.15, 0.2) is 51.9 Å². The van der Waals surface area contributed by atoms with Gasteiger partial charge in [0.25, 0.3) is 5.56 Å². The first-order valence-corrected chi connectivity index (χ1v) is 13.5. The van der Waals surface area contributed by atoms with Gasteiger partial charge in [-0.15, -0.1) is 5.10 Å². The quantitative estimate of drug-likeness (QED) is 0.358. The Balaban J connectivity index is 1.50. The molecule has 6 rings (SSSR count). The molecule has 4 aromatic rings. The van der Waals surface area contributed by atoms with Gasteiger partial charge in [0.2, 0.25) is 0 Å². The van der Waals surface area contributed by atoms with E-state index in [2.05, 4.69) is 44.5 Å². The minimum atomic E-state index is -0.455. The first-order chi connectivity index (χ1) is 18.2. The van der Waals surface area contributed by atoms with Gasteiger partial charge in [-0.3, -0.25) is 9.69 Å². The van der Waals surface area contributed by atoms with Crippen molar-refractivity contribution in [2.45, 2.75) is 76.6 Å². The number of aromatic amines is 1. The van der Waals surface area contributed by atoms with E-state index in [1.165, 1.54) is 5.56 Å². The van der Waals surface area contributed by atoms with Crippen molar-refractivity contribution in [1.29, 1.82) is 0 Å². The summed E-state index contributed by atoms with van der Waals surface area (Å²) in [6.07, 6.45) is 9.14. The summed E-state index contributed by atoms with van der Waals surface area (Å²) in [7, 11) is 0. The van der Waals surface area contributed by atoms with E-state index in [-0.39, 0.29) is 17.7 Å². The highest BCUT2D eigenvalue weighted by Gasteiger charge is 2.35. The van der Waals surface area contributed by atoms with Crippen molar-refractivity contribution in [3.05, 3.63) is 75.7 Å². The Hall–Kier alpha value is -3.30. The summed E-state index contributed by atoms with van der Waals surface area (Å²) in [5.74, 6) is 1.53. The minimum Gasteiger partial charge on any atom is -0.468 e. The summed E-state index contributed by atoms with van der Waals surface area (Å²) in [5.41, 5.74) is 2.57. The number of nitrogens with zero attached hydrogens (tertiary/aromatic N) is 5. The zero-order valence-corrected chi connectivity index (χ0v) is 21.3. The summed E-state index contributed by atoms with van der Waals surface area (Å²) in [5, 5.41) is 14.1. The average Bonchev–Trinajstić information content (AvgIpc) is 3.73. The first-order valence-electron chi connectivity index (χ1n) is 13.5. The van der Waals surface area contributed by atoms with Gasteiger partial charge in [-0.25, -0.2) is 4.68 Å². The molecule has 4 heterocycles. The van der Waals surface area contributed by atoms with Gasteiger partial charge < -0.3 is 14.1 Å². The zero-order valence-electron chi connectivity index (χ0n) is 21.3. The van der Waals surface area contributed by atoms with E-state index in [1.807, 2.05) is 28.9 Å². The number of fused-ring (bicyclic) bond motifs is 1. The molecule has 2 atom stereocenters. The lowest BCUT2D eigenvalue weighted by Crippen LogP contribution is -2.39. The molecule has 2 fully saturated rings. The van der Waals surface area contributed by atoms with Crippen LogP contribution in [-0.2, 0) is 17.7 Å². The smallest absolute Gasteiger partial charge is 0.253 e. The van der Waals surface area contributed by atoms with Gasteiger partial charge >= 0.3 is 0 Å². The van der Waals surface area contributed by atoms with E-state index in [0.29, 0.717) is 24.5 Å². The molecule has 0 bridgehead atoms. The van der Waals surface area contributed by atoms with E-state index in [1.54, 1.807) is 6.26 Å². The Morgan fingerprint density at radius 2 is 2.05 bits per heavy atom. The van der Waals surface area contributed by atoms with Gasteiger partial charge in [-0.1, -0.05) is 25.8 Å². The topological polar surface area (TPSA) is 102 Å². The number of nitrogens with one attached hydrogen (secondary N) is 1. The highest BCUT2D eigenvalue weighted by molar-refractivity contribution is 5.80. The number of hydrogen-bond acceptors (Lipinski definition) is 7. The van der Waals surface area contributed by atoms with Crippen molar-refractivity contribution < 1.29 is 9.15 Å². The third kappa shape index (κ3) is 4.98. The lowest BCUT2D eigenvalue weighted by molar-refractivity contribution is 0.0541. The van der Waals surface area contributed by atoms with E-state index in [0.717, 1.165) is 68.2 Å². The Kier molecular flexibility index (Phi) is 6.89. The summed E-state index contributed by atoms with van der Waals surface area (Å²) >= 11 is 0. The fourth-order valence-corrected chi connectivity index (χ4v) is 5.90. The number of benzene rings is 1. The summed E-state index contributed by atoms with van der Waals surface area (Å²) in [6, 6.07) is 11.9. The number of aromatic nitrogens is 5. The fraction of sp³-hybridized carbons (Fsp3) is 0.500. The Labute approximate surface area is 215 Å². The maximum Gasteiger partial charge on any atom is 0.253 e. The zero-order chi connectivity index (χ0) is 25.2. The number of tetrazole rings is 1. The molecule has 1 saturated heterocycles. The molecular formula is C28H34N6O3. The van der Waals surface area contributed by atoms with Crippen LogP contribution >= 0.6 is 0 Å². The van der Waals surface area contributed by atoms with E-state index >= 15 is 0 Å². The number of ether oxygens (including phenoxy) is 1. The van der Waals surface area contributed by atoms with Crippen molar-refractivity contribution in [2.75, 3.05) is 13.2 Å². The molecule has 2 unspecified atom stereocenters. The highest BCUT2D eigenvalue weighted by Crippen LogP contribution is 2.35. The number of H-pyrrole nitrogens is 1. The molecule has 1 N–H and O–H groups in total. The molecule has 37 heavy (non-hydrogen) atoms. The minimum absolute atomic E-state index is 0.0829. The molecule has 9 nitrogen and oxygen atoms in total. The van der Waals surface area contributed by atoms with Crippen LogP contribution in [0.4, 0.5) is 0 Å². The highest BCUT2D eigenvalue weighted by atomic mass is 16.5. The van der Waals surface area contributed by atoms with Gasteiger partial charge in [-0.05, 0) is 83.8 Å². The number of aryl methyl sites for hydroxylation is 1. The van der Waals surface area contributed by atoms with Crippen molar-refractivity contribution in [3.63, 3.8) is 0 Å². The molecule has 9 heteroatoms. The Morgan fingerprint density at radius 1 is 1.16 bits per heavy atom. The van der Waals surface area contributed by atoms with Crippen LogP contribution in [0, 0.1) is 0 Å². The van der Waals surface area contributed by atoms with Gasteiger partial charge in [0.05, 0.1) is 25.0 Å². The first kappa shape index (κ1) is 24.1. The van der Waals surface area contributed by atoms with Crippen LogP contribution < -0.4 is 5.56 Å². The molecule has 1 saturated carbocycles. The van der Waals surface area contributed by atoms with Gasteiger partial charge in [0, 0.05) is 24.2 Å². The normalized spacial score (nSPS) is 19.4. The summed E-state index contributed by atoms with van der Waals surface area (Å²) < 4.78 is 13.8. The average molecular weight is 503 g/mol. The molecule has 3 aromatic heterocycles. The predicted molar refractivity (Wildman–Crippen MR) is 139 cm³/mol. The Bertz CT molecular complexity index is 1380. The number of furan rings is 1. The number of pyridine rings is 1. The second-order valence-corrected chi connectivity index (χ2v) is 10.3. The van der Waals surface area contributed by atoms with Crippen molar-refractivity contribution in [1.82, 2.24) is 30.1 Å². The monoisotopic (exact) mass is 502 g/mol. The molecule has 2 aliphatic rings. The lowest BCUT2D eigenvalue weighted by atomic mass is 10.0. The third-order valence-corrected chi connectivity index (χ3v) is 7.84. The molecule has 1 aliphatic heterocycles. The maximum absolute atomic E-state index is 13.7. The van der Waals surface area contributed by atoms with Crippen molar-refractivity contribution in [2.24, 2.45) is 0 Å². The fourth-order valence-electron chi connectivity index (χ4n) is 5.90. The SMILES string of the molecule is CCc1ccc2[nH]c(=O)c(C(c3nnnn3C3CCCC3)N(Cc3ccco3)CC3CCCO3)cc2c1. The molecule has 0 amide bonds. The van der Waals surface area contributed by atoms with Gasteiger partial charge in [0.1, 0.15) is 11.8 Å². The largest absolute Gasteiger partial charge is 0.468 e. The van der Waals surface area contributed by atoms with Crippen LogP contribution in [-0.4, -0.2) is 49.3 Å². The van der Waals surface area contributed by atoms with Crippen LogP contribution in [0.25, 0.3) is 10.9 Å². The second-order valence-electron chi connectivity index (χ2n) is 10.3. The molecule has 0 spiro atoms. The van der Waals surface area contributed by atoms with Gasteiger partial charge in [-0.2, -0.15) is 0 Å². The van der Waals surface area contributed by atoms with Gasteiger partial charge in [0.15, 0.2) is 5.82 Å². The predicted octanol–water partition coefficient (Wildman–Crippen LogP) is 4.56. The molecular weight excluding hydrogens is 468 g/mol. The Morgan fingerprint density at radius 3 is 2.81 bits per heavy atom. The second kappa shape index (κ2) is 10.6. The van der Waals surface area contributed by atoms with E-state index < -0.39 is 6.04 Å². The van der Waals surface area contributed by atoms with Crippen molar-refractivity contribution >= 4 is 10.9 Å². The molecule has 1 aromatic carbocycles. The molecule has 194 valence electrons. The molecule has 1 aliphatic carbocycles. The van der Waals surface area contributed by atoms with Crippen LogP contribution in [0.1, 0.15) is 80.2 Å². The van der Waals surface area contributed by atoms with Crippen LogP contribution in [0.3, 0.4) is 0 Å². The summed E-state index contributed by atoms with van der Waals surface area (Å²) in [6.45, 7) is 4.07. The number of rotatable bonds is 9.